The number of likely N-dealkylation sites (N-methyl/N-ethyl adjacent to an activating group) is 1. The molecule has 1 amide bonds. The minimum Gasteiger partial charge on any atom is -0.480 e. The Morgan fingerprint density at radius 2 is 2.08 bits per heavy atom. The standard InChI is InChI=1S/C7H14N2O4/c1-2-8-3-6(11)9-5(4-10)7(12)13/h5,8,10H,2-4H2,1H3,(H,9,11)(H,12,13)/t5-/m0/s1. The molecular weight excluding hydrogens is 176 g/mol. The average Bonchev–Trinajstić information content (AvgIpc) is 2.10. The maximum absolute atomic E-state index is 10.9. The number of aliphatic hydroxyl groups is 1. The van der Waals surface area contributed by atoms with E-state index < -0.39 is 24.5 Å². The molecule has 0 saturated heterocycles. The van der Waals surface area contributed by atoms with Crippen LogP contribution in [0.5, 0.6) is 0 Å². The molecule has 6 nitrogen and oxygen atoms in total. The summed E-state index contributed by atoms with van der Waals surface area (Å²) < 4.78 is 0. The van der Waals surface area contributed by atoms with Crippen LogP contribution >= 0.6 is 0 Å². The molecule has 1 atom stereocenters. The monoisotopic (exact) mass is 190 g/mol. The molecule has 0 saturated carbocycles. The first-order chi connectivity index (χ1) is 6.11. The molecule has 4 N–H and O–H groups in total. The third kappa shape index (κ3) is 5.15. The fourth-order valence-electron chi connectivity index (χ4n) is 0.669. The van der Waals surface area contributed by atoms with Crippen molar-refractivity contribution in [1.29, 1.82) is 0 Å². The van der Waals surface area contributed by atoms with Crippen LogP contribution in [0.1, 0.15) is 6.92 Å². The lowest BCUT2D eigenvalue weighted by Crippen LogP contribution is -2.46. The molecule has 0 aliphatic carbocycles. The number of aliphatic carboxylic acids is 1. The number of nitrogens with one attached hydrogen (secondary N) is 2. The third-order valence-corrected chi connectivity index (χ3v) is 1.35. The zero-order valence-corrected chi connectivity index (χ0v) is 7.41. The third-order valence-electron chi connectivity index (χ3n) is 1.35. The van der Waals surface area contributed by atoms with Crippen molar-refractivity contribution in [2.75, 3.05) is 19.7 Å². The molecule has 13 heavy (non-hydrogen) atoms. The Morgan fingerprint density at radius 1 is 1.46 bits per heavy atom. The van der Waals surface area contributed by atoms with Crippen LogP contribution in [-0.2, 0) is 9.59 Å². The van der Waals surface area contributed by atoms with E-state index in [0.717, 1.165) is 0 Å². The Kier molecular flexibility index (Phi) is 5.82. The van der Waals surface area contributed by atoms with Crippen molar-refractivity contribution in [3.8, 4) is 0 Å². The Labute approximate surface area is 75.9 Å². The van der Waals surface area contributed by atoms with Crippen LogP contribution in [0.15, 0.2) is 0 Å². The van der Waals surface area contributed by atoms with Crippen LogP contribution < -0.4 is 10.6 Å². The Hall–Kier alpha value is -1.14. The molecule has 0 aromatic heterocycles. The number of hydrogen-bond acceptors (Lipinski definition) is 4. The lowest BCUT2D eigenvalue weighted by molar-refractivity contribution is -0.142. The van der Waals surface area contributed by atoms with Gasteiger partial charge in [0.2, 0.25) is 5.91 Å². The number of amides is 1. The van der Waals surface area contributed by atoms with E-state index in [0.29, 0.717) is 6.54 Å². The highest BCUT2D eigenvalue weighted by atomic mass is 16.4. The summed E-state index contributed by atoms with van der Waals surface area (Å²) in [6, 6.07) is -1.22. The second-order valence-electron chi connectivity index (χ2n) is 2.42. The van der Waals surface area contributed by atoms with Crippen molar-refractivity contribution in [2.24, 2.45) is 0 Å². The highest BCUT2D eigenvalue weighted by molar-refractivity contribution is 5.84. The molecular formula is C7H14N2O4. The van der Waals surface area contributed by atoms with Crippen LogP contribution in [0.3, 0.4) is 0 Å². The SMILES string of the molecule is CCNCC(=O)N[C@@H](CO)C(=O)O. The summed E-state index contributed by atoms with van der Waals surface area (Å²) in [5.74, 6) is -1.68. The van der Waals surface area contributed by atoms with Crippen LogP contribution in [0.25, 0.3) is 0 Å². The second-order valence-corrected chi connectivity index (χ2v) is 2.42. The molecule has 0 spiro atoms. The summed E-state index contributed by atoms with van der Waals surface area (Å²) in [6.45, 7) is 1.91. The molecule has 0 aliphatic heterocycles. The molecule has 0 fully saturated rings. The van der Waals surface area contributed by atoms with E-state index in [1.807, 2.05) is 6.92 Å². The normalized spacial score (nSPS) is 12.2. The Balaban J connectivity index is 3.80. The van der Waals surface area contributed by atoms with Crippen LogP contribution in [-0.4, -0.2) is 47.8 Å². The van der Waals surface area contributed by atoms with E-state index in [-0.39, 0.29) is 6.54 Å². The van der Waals surface area contributed by atoms with E-state index in [2.05, 4.69) is 10.6 Å². The predicted molar refractivity (Wildman–Crippen MR) is 45.2 cm³/mol. The highest BCUT2D eigenvalue weighted by Crippen LogP contribution is 1.81. The van der Waals surface area contributed by atoms with Crippen molar-refractivity contribution >= 4 is 11.9 Å². The first-order valence-corrected chi connectivity index (χ1v) is 3.95. The molecule has 0 bridgehead atoms. The maximum atomic E-state index is 10.9. The molecule has 0 unspecified atom stereocenters. The number of carboxylic acids is 1. The van der Waals surface area contributed by atoms with Gasteiger partial charge in [-0.25, -0.2) is 4.79 Å². The molecule has 0 aromatic rings. The number of hydrogen-bond donors (Lipinski definition) is 4. The number of carboxylic acid groups (broad SMARTS) is 1. The predicted octanol–water partition coefficient (Wildman–Crippen LogP) is -1.84. The lowest BCUT2D eigenvalue weighted by Gasteiger charge is -2.11. The zero-order valence-electron chi connectivity index (χ0n) is 7.41. The number of carbonyl (C=O) groups excluding carboxylic acids is 1. The molecule has 0 aliphatic rings. The molecule has 0 radical (unpaired) electrons. The van der Waals surface area contributed by atoms with E-state index in [1.54, 1.807) is 0 Å². The van der Waals surface area contributed by atoms with Crippen LogP contribution in [0.2, 0.25) is 0 Å². The first-order valence-electron chi connectivity index (χ1n) is 3.95. The summed E-state index contributed by atoms with van der Waals surface area (Å²) in [5.41, 5.74) is 0. The molecule has 76 valence electrons. The van der Waals surface area contributed by atoms with Gasteiger partial charge in [-0.2, -0.15) is 0 Å². The topological polar surface area (TPSA) is 98.7 Å². The van der Waals surface area contributed by atoms with Gasteiger partial charge in [-0.3, -0.25) is 4.79 Å². The maximum Gasteiger partial charge on any atom is 0.328 e. The minimum absolute atomic E-state index is 0.0558. The van der Waals surface area contributed by atoms with E-state index in [1.165, 1.54) is 0 Å². The van der Waals surface area contributed by atoms with E-state index in [4.69, 9.17) is 10.2 Å². The van der Waals surface area contributed by atoms with Gasteiger partial charge in [-0.1, -0.05) is 6.92 Å². The number of rotatable bonds is 6. The summed E-state index contributed by atoms with van der Waals surface area (Å²) >= 11 is 0. The average molecular weight is 190 g/mol. The lowest BCUT2D eigenvalue weighted by atomic mass is 10.3. The first kappa shape index (κ1) is 11.9. The number of aliphatic hydroxyl groups excluding tert-OH is 1. The fourth-order valence-corrected chi connectivity index (χ4v) is 0.669. The molecule has 6 heteroatoms. The summed E-state index contributed by atoms with van der Waals surface area (Å²) in [4.78, 5) is 21.3. The highest BCUT2D eigenvalue weighted by Gasteiger charge is 2.17. The summed E-state index contributed by atoms with van der Waals surface area (Å²) in [5, 5.41) is 21.9. The van der Waals surface area contributed by atoms with Crippen molar-refractivity contribution in [2.45, 2.75) is 13.0 Å². The van der Waals surface area contributed by atoms with Gasteiger partial charge in [0.05, 0.1) is 13.2 Å². The summed E-state index contributed by atoms with van der Waals surface area (Å²) in [6.07, 6.45) is 0. The largest absolute Gasteiger partial charge is 0.480 e. The summed E-state index contributed by atoms with van der Waals surface area (Å²) in [7, 11) is 0. The second kappa shape index (κ2) is 6.38. The van der Waals surface area contributed by atoms with Crippen LogP contribution in [0, 0.1) is 0 Å². The smallest absolute Gasteiger partial charge is 0.328 e. The molecule has 0 rings (SSSR count). The Morgan fingerprint density at radius 3 is 2.46 bits per heavy atom. The van der Waals surface area contributed by atoms with Gasteiger partial charge in [0.15, 0.2) is 0 Å². The van der Waals surface area contributed by atoms with Gasteiger partial charge in [0.25, 0.3) is 0 Å². The molecule has 0 aromatic carbocycles. The van der Waals surface area contributed by atoms with E-state index >= 15 is 0 Å². The quantitative estimate of drug-likeness (QED) is 0.394. The Bertz CT molecular complexity index is 183. The van der Waals surface area contributed by atoms with E-state index in [9.17, 15) is 9.59 Å². The minimum atomic E-state index is -1.24. The van der Waals surface area contributed by atoms with Crippen molar-refractivity contribution in [3.63, 3.8) is 0 Å². The van der Waals surface area contributed by atoms with Crippen molar-refractivity contribution in [1.82, 2.24) is 10.6 Å². The van der Waals surface area contributed by atoms with Gasteiger partial charge < -0.3 is 20.8 Å². The molecule has 0 heterocycles. The van der Waals surface area contributed by atoms with Crippen LogP contribution in [0.4, 0.5) is 0 Å². The van der Waals surface area contributed by atoms with Gasteiger partial charge in [-0.15, -0.1) is 0 Å². The van der Waals surface area contributed by atoms with Crippen molar-refractivity contribution in [3.05, 3.63) is 0 Å². The van der Waals surface area contributed by atoms with Gasteiger partial charge in [0.1, 0.15) is 6.04 Å². The van der Waals surface area contributed by atoms with Crippen molar-refractivity contribution < 1.29 is 19.8 Å². The number of carbonyl (C=O) groups is 2. The fraction of sp³-hybridized carbons (Fsp3) is 0.714. The van der Waals surface area contributed by atoms with Gasteiger partial charge in [0, 0.05) is 0 Å². The van der Waals surface area contributed by atoms with Gasteiger partial charge in [-0.05, 0) is 6.54 Å². The zero-order chi connectivity index (χ0) is 10.3. The van der Waals surface area contributed by atoms with Gasteiger partial charge >= 0.3 is 5.97 Å².